The Morgan fingerprint density at radius 2 is 1.29 bits per heavy atom. The van der Waals surface area contributed by atoms with Gasteiger partial charge in [-0.1, -0.05) is 18.2 Å². The molecule has 3 fully saturated rings. The van der Waals surface area contributed by atoms with Crippen LogP contribution in [0.4, 0.5) is 5.69 Å². The van der Waals surface area contributed by atoms with Crippen molar-refractivity contribution in [2.75, 3.05) is 157 Å². The van der Waals surface area contributed by atoms with Crippen molar-refractivity contribution >= 4 is 47.3 Å². The number of fused-ring (bicyclic) bond motifs is 3. The number of hydrogen-bond donors (Lipinski definition) is 6. The Bertz CT molecular complexity index is 3150. The van der Waals surface area contributed by atoms with Crippen molar-refractivity contribution < 1.29 is 82.8 Å². The van der Waals surface area contributed by atoms with Crippen molar-refractivity contribution in [1.82, 2.24) is 44.1 Å². The summed E-state index contributed by atoms with van der Waals surface area (Å²) in [7, 11) is 1.57. The Labute approximate surface area is 529 Å². The van der Waals surface area contributed by atoms with Gasteiger partial charge in [-0.05, 0) is 87.6 Å². The van der Waals surface area contributed by atoms with Gasteiger partial charge in [0.1, 0.15) is 23.8 Å². The van der Waals surface area contributed by atoms with Crippen LogP contribution < -0.4 is 14.8 Å². The number of ether oxygens (including phenoxy) is 5. The molecule has 0 radical (unpaired) electrons. The van der Waals surface area contributed by atoms with Gasteiger partial charge in [-0.2, -0.15) is 5.10 Å². The Morgan fingerprint density at radius 1 is 0.692 bits per heavy atom. The van der Waals surface area contributed by atoms with Crippen LogP contribution in [-0.2, 0) is 54.4 Å². The highest BCUT2D eigenvalue weighted by Gasteiger charge is 2.40. The van der Waals surface area contributed by atoms with Crippen LogP contribution in [-0.4, -0.2) is 274 Å². The number of nitrogens with one attached hydrogen (secondary N) is 1. The molecular formula is C64H88N10O17. The largest absolute Gasteiger partial charge is 0.496 e. The summed E-state index contributed by atoms with van der Waals surface area (Å²) < 4.78 is 31.3. The van der Waals surface area contributed by atoms with E-state index in [2.05, 4.69) is 23.5 Å². The van der Waals surface area contributed by atoms with Gasteiger partial charge in [0.05, 0.1) is 90.7 Å². The van der Waals surface area contributed by atoms with Gasteiger partial charge in [0.25, 0.3) is 0 Å². The summed E-state index contributed by atoms with van der Waals surface area (Å²) >= 11 is 0. The number of methoxy groups -OCH3 is 1. The highest BCUT2D eigenvalue weighted by atomic mass is 16.5. The summed E-state index contributed by atoms with van der Waals surface area (Å²) in [4.78, 5) is 101. The van der Waals surface area contributed by atoms with E-state index in [1.165, 1.54) is 0 Å². The Balaban J connectivity index is 0.943. The molecule has 27 nitrogen and oxygen atoms in total. The molecule has 4 aromatic rings. The average molecular weight is 1270 g/mol. The number of carboxylic acids is 4. The lowest BCUT2D eigenvalue weighted by Gasteiger charge is -2.44. The molecule has 1 unspecified atom stereocenters. The molecule has 4 aliphatic heterocycles. The fraction of sp³-hybridized carbons (Fsp3) is 0.562. The number of rotatable bonds is 27. The van der Waals surface area contributed by atoms with E-state index in [9.17, 15) is 54.0 Å². The lowest BCUT2D eigenvalue weighted by molar-refractivity contribution is -0.141. The summed E-state index contributed by atoms with van der Waals surface area (Å²) in [6, 6.07) is 17.0. The molecule has 91 heavy (non-hydrogen) atoms. The van der Waals surface area contributed by atoms with Crippen LogP contribution in [0.15, 0.2) is 54.6 Å². The summed E-state index contributed by atoms with van der Waals surface area (Å²) in [5, 5.41) is 58.2. The Hall–Kier alpha value is -7.60. The molecule has 8 rings (SSSR count). The number of carboxylic acid groups (broad SMARTS) is 4. The zero-order valence-corrected chi connectivity index (χ0v) is 52.8. The maximum atomic E-state index is 14.3. The number of amides is 3. The van der Waals surface area contributed by atoms with Crippen molar-refractivity contribution in [2.45, 2.75) is 84.2 Å². The third-order valence-corrected chi connectivity index (χ3v) is 16.9. The normalized spacial score (nSPS) is 17.8. The maximum Gasteiger partial charge on any atom is 0.317 e. The lowest BCUT2D eigenvalue weighted by Crippen LogP contribution is -2.54. The van der Waals surface area contributed by atoms with Crippen molar-refractivity contribution in [3.8, 4) is 39.6 Å². The molecule has 27 heteroatoms. The van der Waals surface area contributed by atoms with Crippen molar-refractivity contribution in [3.05, 3.63) is 77.0 Å². The predicted molar refractivity (Wildman–Crippen MR) is 333 cm³/mol. The highest BCUT2D eigenvalue weighted by Crippen LogP contribution is 2.48. The fourth-order valence-corrected chi connectivity index (χ4v) is 12.2. The molecule has 4 aliphatic rings. The molecule has 1 aromatic heterocycles. The summed E-state index contributed by atoms with van der Waals surface area (Å²) in [5.74, 6) is -3.94. The van der Waals surface area contributed by atoms with Crippen LogP contribution in [0, 0.1) is 13.8 Å². The van der Waals surface area contributed by atoms with Crippen LogP contribution in [0.5, 0.6) is 11.5 Å². The molecule has 0 bridgehead atoms. The van der Waals surface area contributed by atoms with Gasteiger partial charge in [0, 0.05) is 131 Å². The number of nitrogens with zero attached hydrogens (tertiary/aromatic N) is 9. The number of aliphatic hydroxyl groups is 1. The summed E-state index contributed by atoms with van der Waals surface area (Å²) in [6.45, 7) is 12.1. The molecule has 5 heterocycles. The molecule has 3 saturated heterocycles. The molecule has 496 valence electrons. The number of carbonyl (C=O) groups excluding carboxylic acids is 3. The van der Waals surface area contributed by atoms with Crippen molar-refractivity contribution in [2.24, 2.45) is 0 Å². The number of benzene rings is 3. The van der Waals surface area contributed by atoms with Gasteiger partial charge in [-0.3, -0.25) is 58.1 Å². The maximum absolute atomic E-state index is 14.3. The molecule has 1 atom stereocenters. The molecule has 0 saturated carbocycles. The summed E-state index contributed by atoms with van der Waals surface area (Å²) in [6.07, 6.45) is -0.661. The second-order valence-electron chi connectivity index (χ2n) is 24.2. The number of carbonyl (C=O) groups is 7. The monoisotopic (exact) mass is 1270 g/mol. The highest BCUT2D eigenvalue weighted by molar-refractivity contribution is 5.94. The van der Waals surface area contributed by atoms with E-state index in [4.69, 9.17) is 33.9 Å². The molecule has 0 spiro atoms. The van der Waals surface area contributed by atoms with Crippen LogP contribution in [0.1, 0.15) is 74.6 Å². The number of morpholine rings is 1. The number of likely N-dealkylation sites (tertiary alicyclic amines) is 1. The van der Waals surface area contributed by atoms with Gasteiger partial charge in [-0.25, -0.2) is 4.68 Å². The third kappa shape index (κ3) is 19.5. The third-order valence-electron chi connectivity index (χ3n) is 16.9. The number of aliphatic carboxylic acids is 4. The smallest absolute Gasteiger partial charge is 0.317 e. The van der Waals surface area contributed by atoms with Gasteiger partial charge in [-0.15, -0.1) is 0 Å². The Kier molecular flexibility index (Phi) is 24.8. The van der Waals surface area contributed by atoms with Crippen molar-refractivity contribution in [3.63, 3.8) is 0 Å². The van der Waals surface area contributed by atoms with Gasteiger partial charge in [0.15, 0.2) is 6.23 Å². The van der Waals surface area contributed by atoms with E-state index in [1.54, 1.807) is 37.7 Å². The van der Waals surface area contributed by atoms with E-state index < -0.39 is 41.6 Å². The molecule has 6 N–H and O–H groups in total. The number of piperidine rings is 1. The van der Waals surface area contributed by atoms with E-state index >= 15 is 0 Å². The lowest BCUT2D eigenvalue weighted by atomic mass is 9.95. The molecule has 0 aliphatic carbocycles. The minimum Gasteiger partial charge on any atom is -0.496 e. The predicted octanol–water partition coefficient (Wildman–Crippen LogP) is 3.35. The average Bonchev–Trinajstić information content (AvgIpc) is 1.63. The van der Waals surface area contributed by atoms with E-state index in [0.717, 1.165) is 33.6 Å². The zero-order chi connectivity index (χ0) is 65.4. The molecule has 3 aromatic carbocycles. The number of hydrogen-bond acceptors (Lipinski definition) is 19. The number of aliphatic hydroxyl groups excluding tert-OH is 1. The first-order chi connectivity index (χ1) is 43.5. The number of aromatic nitrogens is 2. The minimum atomic E-state index is -1.06. The fourth-order valence-electron chi connectivity index (χ4n) is 12.2. The first kappa shape index (κ1) is 69.3. The van der Waals surface area contributed by atoms with E-state index in [1.807, 2.05) is 72.5 Å². The topological polar surface area (TPSA) is 319 Å². The first-order valence-corrected chi connectivity index (χ1v) is 31.0. The Morgan fingerprint density at radius 3 is 1.86 bits per heavy atom. The zero-order valence-electron chi connectivity index (χ0n) is 52.8. The summed E-state index contributed by atoms with van der Waals surface area (Å²) in [5.41, 5.74) is 7.04. The van der Waals surface area contributed by atoms with Crippen LogP contribution >= 0.6 is 0 Å². The first-order valence-electron chi connectivity index (χ1n) is 31.0. The van der Waals surface area contributed by atoms with Crippen LogP contribution in [0.2, 0.25) is 0 Å². The second kappa shape index (κ2) is 32.6. The van der Waals surface area contributed by atoms with Crippen molar-refractivity contribution in [1.29, 1.82) is 0 Å². The van der Waals surface area contributed by atoms with Crippen LogP contribution in [0.25, 0.3) is 28.1 Å². The van der Waals surface area contributed by atoms with E-state index in [-0.39, 0.29) is 155 Å². The van der Waals surface area contributed by atoms with Gasteiger partial charge >= 0.3 is 23.9 Å². The van der Waals surface area contributed by atoms with Gasteiger partial charge < -0.3 is 64.3 Å². The standard InChI is InChI=1S/C64H88N10O17/c1-43-31-44(2)33-48(32-43)74-62-50-35-49(52(87-5)36-53(50)91-41-51(62)61(66-74)63(86)73-25-28-90-42-64(73,3)4)45-7-6-8-46(34-45)65-54(75)9-10-55(76)72(24-27-89-30-29-88-26-13-57(78)79)47-11-14-71(15-12-47)56(77)37-67-16-18-68(38-58(80)81)20-22-70(40-60(84)85)23-21-69(19-17-67)39-59(82)83/h6-8,31-36,47,63,86H,9-30,37-42H2,1-5H3,(H,65,75)(H,78,79)(H,80,81)(H,82,83)(H,84,85). The quantitative estimate of drug-likeness (QED) is 0.0466. The second-order valence-corrected chi connectivity index (χ2v) is 24.2. The molecular weight excluding hydrogens is 1180 g/mol. The SMILES string of the molecule is COc1cc2c(cc1-c1cccc(NC(=O)CCC(=O)N(CCOCCOCCC(=O)O)C3CCN(C(=O)CN4CCN(CC(=O)O)CCN(CC(=O)O)CCN(CC(=O)O)CC4)CC3)c1)-c1c(c(C(O)N3CCOCC3(C)C)nn1-c1cc(C)cc(C)c1)CO2. The van der Waals surface area contributed by atoms with E-state index in [0.29, 0.717) is 79.7 Å². The molecule has 3 amide bonds. The number of aryl methyl sites for hydroxylation is 2. The minimum absolute atomic E-state index is 0.0226. The number of anilines is 1. The van der Waals surface area contributed by atoms with Gasteiger partial charge in [0.2, 0.25) is 17.7 Å². The van der Waals surface area contributed by atoms with Crippen LogP contribution in [0.3, 0.4) is 0 Å².